The minimum Gasteiger partial charge on any atom is -0.337 e. The van der Waals surface area contributed by atoms with Crippen molar-refractivity contribution in [1.82, 2.24) is 25.2 Å². The van der Waals surface area contributed by atoms with Gasteiger partial charge in [0, 0.05) is 38.8 Å². The van der Waals surface area contributed by atoms with Crippen molar-refractivity contribution in [3.05, 3.63) is 52.8 Å². The molecule has 2 heterocycles. The lowest BCUT2D eigenvalue weighted by atomic mass is 9.79. The molecule has 120 valence electrons. The third-order valence-electron chi connectivity index (χ3n) is 5.15. The highest BCUT2D eigenvalue weighted by Gasteiger charge is 2.35. The summed E-state index contributed by atoms with van der Waals surface area (Å²) in [6.07, 6.45) is 2.10. The van der Waals surface area contributed by atoms with Gasteiger partial charge in [-0.3, -0.25) is 0 Å². The maximum atomic E-state index is 6.25. The number of nitrogens with one attached hydrogen (secondary N) is 1. The third-order valence-corrected chi connectivity index (χ3v) is 5.38. The zero-order valence-electron chi connectivity index (χ0n) is 13.2. The molecule has 0 atom stereocenters. The number of halogens is 1. The van der Waals surface area contributed by atoms with E-state index in [9.17, 15) is 0 Å². The number of benzene rings is 2. The summed E-state index contributed by atoms with van der Waals surface area (Å²) in [6, 6.07) is 13.3. The second kappa shape index (κ2) is 5.05. The molecule has 2 aromatic heterocycles. The SMILES string of the molecule is Cc1ccc2c(c1)c1cc(Cl)ccc1n2[C@H]1C[C@H](c2nnn[nH]2)C1. The van der Waals surface area contributed by atoms with E-state index in [0.29, 0.717) is 12.0 Å². The third kappa shape index (κ3) is 1.97. The molecule has 2 aromatic carbocycles. The van der Waals surface area contributed by atoms with Gasteiger partial charge in [-0.1, -0.05) is 23.2 Å². The van der Waals surface area contributed by atoms with Gasteiger partial charge in [-0.2, -0.15) is 0 Å². The maximum Gasteiger partial charge on any atom is 0.151 e. The molecule has 0 amide bonds. The van der Waals surface area contributed by atoms with E-state index >= 15 is 0 Å². The molecule has 1 saturated carbocycles. The molecule has 4 aromatic rings. The van der Waals surface area contributed by atoms with Crippen molar-refractivity contribution in [2.45, 2.75) is 31.7 Å². The Morgan fingerprint density at radius 2 is 1.83 bits per heavy atom. The molecule has 0 spiro atoms. The second-order valence-corrected chi connectivity index (χ2v) is 7.10. The molecular weight excluding hydrogens is 322 g/mol. The molecule has 5 nitrogen and oxygen atoms in total. The molecule has 1 fully saturated rings. The summed E-state index contributed by atoms with van der Waals surface area (Å²) >= 11 is 6.25. The van der Waals surface area contributed by atoms with Crippen LogP contribution in [0.3, 0.4) is 0 Å². The number of aromatic amines is 1. The van der Waals surface area contributed by atoms with Crippen molar-refractivity contribution in [3.63, 3.8) is 0 Å². The Kier molecular flexibility index (Phi) is 2.94. The first-order chi connectivity index (χ1) is 11.7. The van der Waals surface area contributed by atoms with Gasteiger partial charge in [-0.05, 0) is 60.5 Å². The summed E-state index contributed by atoms with van der Waals surface area (Å²) in [4.78, 5) is 0. The average Bonchev–Trinajstić information content (AvgIpc) is 3.14. The van der Waals surface area contributed by atoms with Gasteiger partial charge in [0.2, 0.25) is 0 Å². The lowest BCUT2D eigenvalue weighted by Gasteiger charge is -2.35. The Hall–Kier alpha value is -2.40. The standard InChI is InChI=1S/C18H16ClN5/c1-10-2-4-16-14(6-10)15-9-12(19)3-5-17(15)24(16)13-7-11(8-13)18-20-22-23-21-18/h2-6,9,11,13H,7-8H2,1H3,(H,20,21,22,23)/t11-,13-. The van der Waals surface area contributed by atoms with Crippen LogP contribution in [0.15, 0.2) is 36.4 Å². The highest BCUT2D eigenvalue weighted by atomic mass is 35.5. The minimum atomic E-state index is 0.412. The Balaban J connectivity index is 1.65. The molecule has 1 aliphatic rings. The number of nitrogens with zero attached hydrogens (tertiary/aromatic N) is 4. The topological polar surface area (TPSA) is 59.4 Å². The lowest BCUT2D eigenvalue weighted by molar-refractivity contribution is 0.267. The van der Waals surface area contributed by atoms with Crippen LogP contribution in [0.2, 0.25) is 5.02 Å². The van der Waals surface area contributed by atoms with Crippen molar-refractivity contribution in [2.24, 2.45) is 0 Å². The fourth-order valence-corrected chi connectivity index (χ4v) is 4.07. The highest BCUT2D eigenvalue weighted by molar-refractivity contribution is 6.31. The molecule has 0 radical (unpaired) electrons. The Morgan fingerprint density at radius 3 is 2.58 bits per heavy atom. The van der Waals surface area contributed by atoms with Crippen molar-refractivity contribution in [2.75, 3.05) is 0 Å². The van der Waals surface area contributed by atoms with Gasteiger partial charge < -0.3 is 4.57 Å². The fraction of sp³-hybridized carbons (Fsp3) is 0.278. The number of aromatic nitrogens is 5. The molecule has 24 heavy (non-hydrogen) atoms. The van der Waals surface area contributed by atoms with Crippen LogP contribution in [0.1, 0.15) is 36.2 Å². The predicted octanol–water partition coefficient (Wildman–Crippen LogP) is 4.39. The zero-order valence-corrected chi connectivity index (χ0v) is 14.0. The molecule has 0 saturated heterocycles. The number of H-pyrrole nitrogens is 1. The van der Waals surface area contributed by atoms with Crippen LogP contribution in [0.4, 0.5) is 0 Å². The van der Waals surface area contributed by atoms with Gasteiger partial charge in [0.25, 0.3) is 0 Å². The van der Waals surface area contributed by atoms with E-state index in [1.165, 1.54) is 27.4 Å². The van der Waals surface area contributed by atoms with E-state index in [0.717, 1.165) is 23.7 Å². The van der Waals surface area contributed by atoms with E-state index in [1.54, 1.807) is 0 Å². The summed E-state index contributed by atoms with van der Waals surface area (Å²) in [5, 5.41) is 17.6. The van der Waals surface area contributed by atoms with Crippen molar-refractivity contribution in [1.29, 1.82) is 0 Å². The van der Waals surface area contributed by atoms with Gasteiger partial charge in [0.05, 0.1) is 0 Å². The van der Waals surface area contributed by atoms with E-state index in [-0.39, 0.29) is 0 Å². The number of hydrogen-bond acceptors (Lipinski definition) is 3. The van der Waals surface area contributed by atoms with Gasteiger partial charge in [0.1, 0.15) is 0 Å². The maximum absolute atomic E-state index is 6.25. The first kappa shape index (κ1) is 14.0. The number of hydrogen-bond donors (Lipinski definition) is 1. The van der Waals surface area contributed by atoms with Crippen LogP contribution < -0.4 is 0 Å². The largest absolute Gasteiger partial charge is 0.337 e. The number of tetrazole rings is 1. The number of aryl methyl sites for hydroxylation is 1. The summed E-state index contributed by atoms with van der Waals surface area (Å²) in [6.45, 7) is 2.13. The van der Waals surface area contributed by atoms with E-state index in [4.69, 9.17) is 11.6 Å². The van der Waals surface area contributed by atoms with Crippen LogP contribution >= 0.6 is 11.6 Å². The minimum absolute atomic E-state index is 0.412. The zero-order chi connectivity index (χ0) is 16.3. The smallest absolute Gasteiger partial charge is 0.151 e. The summed E-state index contributed by atoms with van der Waals surface area (Å²) in [5.74, 6) is 1.31. The van der Waals surface area contributed by atoms with Crippen LogP contribution in [-0.4, -0.2) is 25.2 Å². The molecule has 1 N–H and O–H groups in total. The number of fused-ring (bicyclic) bond motifs is 3. The van der Waals surface area contributed by atoms with Crippen LogP contribution in [-0.2, 0) is 0 Å². The second-order valence-electron chi connectivity index (χ2n) is 6.66. The summed E-state index contributed by atoms with van der Waals surface area (Å²) < 4.78 is 2.46. The average molecular weight is 338 g/mol. The van der Waals surface area contributed by atoms with Crippen molar-refractivity contribution >= 4 is 33.4 Å². The Morgan fingerprint density at radius 1 is 1.08 bits per heavy atom. The summed E-state index contributed by atoms with van der Waals surface area (Å²) in [5.41, 5.74) is 3.79. The normalized spacial score (nSPS) is 20.6. The van der Waals surface area contributed by atoms with E-state index in [2.05, 4.69) is 62.4 Å². The van der Waals surface area contributed by atoms with Crippen molar-refractivity contribution < 1.29 is 0 Å². The van der Waals surface area contributed by atoms with Gasteiger partial charge >= 0.3 is 0 Å². The molecule has 5 rings (SSSR count). The van der Waals surface area contributed by atoms with Crippen molar-refractivity contribution in [3.8, 4) is 0 Å². The lowest BCUT2D eigenvalue weighted by Crippen LogP contribution is -2.26. The molecule has 0 unspecified atom stereocenters. The van der Waals surface area contributed by atoms with Crippen LogP contribution in [0.25, 0.3) is 21.8 Å². The Bertz CT molecular complexity index is 985. The van der Waals surface area contributed by atoms with Crippen LogP contribution in [0, 0.1) is 6.92 Å². The molecule has 1 aliphatic carbocycles. The highest BCUT2D eigenvalue weighted by Crippen LogP contribution is 2.47. The predicted molar refractivity (Wildman–Crippen MR) is 94.4 cm³/mol. The molecular formula is C18H16ClN5. The molecule has 0 bridgehead atoms. The van der Waals surface area contributed by atoms with Gasteiger partial charge in [0.15, 0.2) is 5.82 Å². The van der Waals surface area contributed by atoms with Gasteiger partial charge in [-0.15, -0.1) is 5.10 Å². The number of rotatable bonds is 2. The quantitative estimate of drug-likeness (QED) is 0.590. The van der Waals surface area contributed by atoms with E-state index in [1.807, 2.05) is 6.07 Å². The monoisotopic (exact) mass is 337 g/mol. The molecule has 0 aliphatic heterocycles. The molecule has 6 heteroatoms. The summed E-state index contributed by atoms with van der Waals surface area (Å²) in [7, 11) is 0. The Labute approximate surface area is 143 Å². The fourth-order valence-electron chi connectivity index (χ4n) is 3.89. The van der Waals surface area contributed by atoms with Gasteiger partial charge in [-0.25, -0.2) is 5.10 Å². The van der Waals surface area contributed by atoms with E-state index < -0.39 is 0 Å². The van der Waals surface area contributed by atoms with Crippen LogP contribution in [0.5, 0.6) is 0 Å². The first-order valence-corrected chi connectivity index (χ1v) is 8.52. The first-order valence-electron chi connectivity index (χ1n) is 8.14.